The van der Waals surface area contributed by atoms with Gasteiger partial charge in [-0.05, 0) is 53.6 Å². The quantitative estimate of drug-likeness (QED) is 0.458. The highest BCUT2D eigenvalue weighted by Gasteiger charge is 2.07. The average Bonchev–Trinajstić information content (AvgIpc) is 2.82. The summed E-state index contributed by atoms with van der Waals surface area (Å²) in [5.41, 5.74) is 6.56. The van der Waals surface area contributed by atoms with Crippen molar-refractivity contribution in [3.63, 3.8) is 0 Å². The normalized spacial score (nSPS) is 10.6. The number of primary amides is 1. The standard InChI is InChI=1S/C24H22FN3O5/c1-31-21-12-16(2-9-20(21)32-15-22(26)29)3-10-23(30)27-13-17-4-11-24(28-14-17)33-19-7-5-18(25)6-8-19/h2-12,14H,13,15H2,1H3,(H2,26,29)(H,27,30). The van der Waals surface area contributed by atoms with E-state index in [1.165, 1.54) is 37.5 Å². The molecule has 9 heteroatoms. The van der Waals surface area contributed by atoms with Crippen LogP contribution in [0.25, 0.3) is 6.08 Å². The molecule has 0 saturated carbocycles. The molecule has 0 atom stereocenters. The van der Waals surface area contributed by atoms with E-state index < -0.39 is 5.91 Å². The summed E-state index contributed by atoms with van der Waals surface area (Å²) in [6.07, 6.45) is 4.59. The Labute approximate surface area is 189 Å². The van der Waals surface area contributed by atoms with Crippen molar-refractivity contribution in [2.75, 3.05) is 13.7 Å². The van der Waals surface area contributed by atoms with Crippen LogP contribution in [0.5, 0.6) is 23.1 Å². The fourth-order valence-electron chi connectivity index (χ4n) is 2.68. The monoisotopic (exact) mass is 451 g/mol. The van der Waals surface area contributed by atoms with E-state index in [0.29, 0.717) is 28.7 Å². The summed E-state index contributed by atoms with van der Waals surface area (Å²) in [6, 6.07) is 14.1. The zero-order valence-corrected chi connectivity index (χ0v) is 17.8. The molecule has 1 heterocycles. The fourth-order valence-corrected chi connectivity index (χ4v) is 2.68. The van der Waals surface area contributed by atoms with Crippen LogP contribution in [0, 0.1) is 5.82 Å². The molecule has 1 aromatic heterocycles. The molecular weight excluding hydrogens is 429 g/mol. The molecule has 2 amide bonds. The molecule has 0 aliphatic carbocycles. The summed E-state index contributed by atoms with van der Waals surface area (Å²) in [7, 11) is 1.47. The molecule has 8 nitrogen and oxygen atoms in total. The SMILES string of the molecule is COc1cc(C=CC(=O)NCc2ccc(Oc3ccc(F)cc3)nc2)ccc1OCC(N)=O. The molecule has 0 fully saturated rings. The van der Waals surface area contributed by atoms with Crippen molar-refractivity contribution in [2.24, 2.45) is 5.73 Å². The molecule has 2 aromatic carbocycles. The molecule has 3 rings (SSSR count). The first kappa shape index (κ1) is 23.3. The lowest BCUT2D eigenvalue weighted by Crippen LogP contribution is -2.20. The molecule has 3 aromatic rings. The maximum Gasteiger partial charge on any atom is 0.255 e. The number of ether oxygens (including phenoxy) is 3. The summed E-state index contributed by atoms with van der Waals surface area (Å²) in [5.74, 6) is 0.372. The van der Waals surface area contributed by atoms with E-state index >= 15 is 0 Å². The van der Waals surface area contributed by atoms with Crippen molar-refractivity contribution >= 4 is 17.9 Å². The van der Waals surface area contributed by atoms with Crippen LogP contribution in [0.2, 0.25) is 0 Å². The van der Waals surface area contributed by atoms with Gasteiger partial charge in [-0.3, -0.25) is 9.59 Å². The summed E-state index contributed by atoms with van der Waals surface area (Å²) >= 11 is 0. The van der Waals surface area contributed by atoms with Gasteiger partial charge in [0.25, 0.3) is 5.91 Å². The van der Waals surface area contributed by atoms with Crippen LogP contribution in [0.15, 0.2) is 66.9 Å². The molecule has 0 radical (unpaired) electrons. The van der Waals surface area contributed by atoms with Gasteiger partial charge < -0.3 is 25.3 Å². The number of aromatic nitrogens is 1. The van der Waals surface area contributed by atoms with Gasteiger partial charge in [0, 0.05) is 24.9 Å². The van der Waals surface area contributed by atoms with E-state index in [0.717, 1.165) is 5.56 Å². The number of benzene rings is 2. The molecular formula is C24H22FN3O5. The second-order valence-corrected chi connectivity index (χ2v) is 6.78. The summed E-state index contributed by atoms with van der Waals surface area (Å²) in [5, 5.41) is 2.76. The Bertz CT molecular complexity index is 1130. The van der Waals surface area contributed by atoms with Gasteiger partial charge in [-0.15, -0.1) is 0 Å². The number of carbonyl (C=O) groups excluding carboxylic acids is 2. The molecule has 33 heavy (non-hydrogen) atoms. The lowest BCUT2D eigenvalue weighted by atomic mass is 10.2. The highest BCUT2D eigenvalue weighted by atomic mass is 19.1. The number of hydrogen-bond acceptors (Lipinski definition) is 6. The van der Waals surface area contributed by atoms with E-state index in [4.69, 9.17) is 19.9 Å². The highest BCUT2D eigenvalue weighted by molar-refractivity contribution is 5.91. The Balaban J connectivity index is 1.51. The Hall–Kier alpha value is -4.40. The Morgan fingerprint density at radius 3 is 2.55 bits per heavy atom. The Morgan fingerprint density at radius 2 is 1.88 bits per heavy atom. The number of pyridine rings is 1. The zero-order valence-electron chi connectivity index (χ0n) is 17.8. The van der Waals surface area contributed by atoms with Gasteiger partial charge in [0.2, 0.25) is 11.8 Å². The fraction of sp³-hybridized carbons (Fsp3) is 0.125. The third kappa shape index (κ3) is 7.35. The van der Waals surface area contributed by atoms with Gasteiger partial charge in [0.15, 0.2) is 18.1 Å². The average molecular weight is 451 g/mol. The maximum atomic E-state index is 12.9. The predicted octanol–water partition coefficient (Wildman–Crippen LogP) is 3.22. The van der Waals surface area contributed by atoms with E-state index in [-0.39, 0.29) is 24.9 Å². The zero-order chi connectivity index (χ0) is 23.6. The molecule has 0 bridgehead atoms. The summed E-state index contributed by atoms with van der Waals surface area (Å²) in [6.45, 7) is 0.0123. The van der Waals surface area contributed by atoms with Crippen molar-refractivity contribution in [3.8, 4) is 23.1 Å². The minimum Gasteiger partial charge on any atom is -0.493 e. The molecule has 0 aliphatic heterocycles. The lowest BCUT2D eigenvalue weighted by Gasteiger charge is -2.10. The van der Waals surface area contributed by atoms with Crippen LogP contribution in [-0.2, 0) is 16.1 Å². The number of nitrogens with zero attached hydrogens (tertiary/aromatic N) is 1. The third-order valence-corrected chi connectivity index (χ3v) is 4.29. The van der Waals surface area contributed by atoms with E-state index in [9.17, 15) is 14.0 Å². The lowest BCUT2D eigenvalue weighted by molar-refractivity contribution is -0.120. The second-order valence-electron chi connectivity index (χ2n) is 6.78. The largest absolute Gasteiger partial charge is 0.493 e. The maximum absolute atomic E-state index is 12.9. The molecule has 0 saturated heterocycles. The van der Waals surface area contributed by atoms with Crippen molar-refractivity contribution in [2.45, 2.75) is 6.54 Å². The number of methoxy groups -OCH3 is 1. The van der Waals surface area contributed by atoms with Crippen molar-refractivity contribution in [1.82, 2.24) is 10.3 Å². The number of halogens is 1. The second kappa shape index (κ2) is 11.3. The number of carbonyl (C=O) groups is 2. The minimum absolute atomic E-state index is 0.262. The van der Waals surface area contributed by atoms with Crippen molar-refractivity contribution < 1.29 is 28.2 Å². The van der Waals surface area contributed by atoms with Crippen LogP contribution in [0.3, 0.4) is 0 Å². The van der Waals surface area contributed by atoms with Crippen LogP contribution in [0.4, 0.5) is 4.39 Å². The first-order chi connectivity index (χ1) is 15.9. The van der Waals surface area contributed by atoms with Crippen LogP contribution < -0.4 is 25.3 Å². The molecule has 0 aliphatic rings. The predicted molar refractivity (Wildman–Crippen MR) is 119 cm³/mol. The van der Waals surface area contributed by atoms with Crippen molar-refractivity contribution in [1.29, 1.82) is 0 Å². The van der Waals surface area contributed by atoms with E-state index in [2.05, 4.69) is 10.3 Å². The first-order valence-electron chi connectivity index (χ1n) is 9.86. The topological polar surface area (TPSA) is 113 Å². The first-order valence-corrected chi connectivity index (χ1v) is 9.86. The molecule has 3 N–H and O–H groups in total. The number of amides is 2. The highest BCUT2D eigenvalue weighted by Crippen LogP contribution is 2.28. The smallest absolute Gasteiger partial charge is 0.255 e. The third-order valence-electron chi connectivity index (χ3n) is 4.29. The van der Waals surface area contributed by atoms with Gasteiger partial charge in [0.1, 0.15) is 11.6 Å². The number of nitrogens with one attached hydrogen (secondary N) is 1. The van der Waals surface area contributed by atoms with Gasteiger partial charge >= 0.3 is 0 Å². The van der Waals surface area contributed by atoms with Gasteiger partial charge in [-0.25, -0.2) is 9.37 Å². The Morgan fingerprint density at radius 1 is 1.09 bits per heavy atom. The van der Waals surface area contributed by atoms with Gasteiger partial charge in [0.05, 0.1) is 7.11 Å². The number of rotatable bonds is 10. The van der Waals surface area contributed by atoms with Crippen LogP contribution in [0.1, 0.15) is 11.1 Å². The van der Waals surface area contributed by atoms with E-state index in [1.54, 1.807) is 42.6 Å². The number of hydrogen-bond donors (Lipinski definition) is 2. The van der Waals surface area contributed by atoms with Crippen LogP contribution >= 0.6 is 0 Å². The van der Waals surface area contributed by atoms with Gasteiger partial charge in [-0.1, -0.05) is 12.1 Å². The Kier molecular flexibility index (Phi) is 7.96. The molecule has 170 valence electrons. The molecule has 0 unspecified atom stereocenters. The van der Waals surface area contributed by atoms with Crippen molar-refractivity contribution in [3.05, 3.63) is 83.8 Å². The summed E-state index contributed by atoms with van der Waals surface area (Å²) < 4.78 is 29.0. The van der Waals surface area contributed by atoms with Gasteiger partial charge in [-0.2, -0.15) is 0 Å². The summed E-state index contributed by atoms with van der Waals surface area (Å²) in [4.78, 5) is 27.2. The van der Waals surface area contributed by atoms with E-state index in [1.807, 2.05) is 0 Å². The molecule has 0 spiro atoms. The van der Waals surface area contributed by atoms with Crippen LogP contribution in [-0.4, -0.2) is 30.5 Å². The number of nitrogens with two attached hydrogens (primary N) is 1. The minimum atomic E-state index is -0.594.